The van der Waals surface area contributed by atoms with Gasteiger partial charge in [0.25, 0.3) is 0 Å². The number of aromatic nitrogens is 7. The maximum atomic E-state index is 12.9. The summed E-state index contributed by atoms with van der Waals surface area (Å²) >= 11 is 0. The maximum Gasteiger partial charge on any atom is 0.148 e. The smallest absolute Gasteiger partial charge is 0.148 e. The van der Waals surface area contributed by atoms with Crippen LogP contribution in [0.1, 0.15) is 19.2 Å². The molecule has 3 aromatic heterocycles. The molecule has 0 saturated carbocycles. The van der Waals surface area contributed by atoms with E-state index in [9.17, 15) is 4.39 Å². The molecule has 0 aliphatic heterocycles. The second-order valence-electron chi connectivity index (χ2n) is 4.56. The van der Waals surface area contributed by atoms with Crippen LogP contribution in [-0.2, 0) is 13.1 Å². The summed E-state index contributed by atoms with van der Waals surface area (Å²) in [5.74, 6) is 0.444. The minimum atomic E-state index is -0.376. The molecule has 3 heterocycles. The van der Waals surface area contributed by atoms with Crippen molar-refractivity contribution in [2.45, 2.75) is 26.4 Å². The molecule has 0 saturated heterocycles. The van der Waals surface area contributed by atoms with Gasteiger partial charge in [-0.2, -0.15) is 5.10 Å². The number of hydrogen-bond donors (Lipinski definition) is 0. The van der Waals surface area contributed by atoms with Gasteiger partial charge in [0.15, 0.2) is 0 Å². The lowest BCUT2D eigenvalue weighted by molar-refractivity contribution is 0.532. The van der Waals surface area contributed by atoms with Gasteiger partial charge in [0, 0.05) is 6.54 Å². The SMILES string of the molecule is CCCn1ncnc1Cn1cc(-c2ccc(F)cn2)nn1. The van der Waals surface area contributed by atoms with E-state index in [4.69, 9.17) is 0 Å². The molecule has 0 spiro atoms. The predicted molar refractivity (Wildman–Crippen MR) is 72.6 cm³/mol. The van der Waals surface area contributed by atoms with E-state index in [1.54, 1.807) is 16.9 Å². The van der Waals surface area contributed by atoms with Crippen molar-refractivity contribution in [2.75, 3.05) is 0 Å². The van der Waals surface area contributed by atoms with Crippen molar-refractivity contribution in [3.8, 4) is 11.4 Å². The van der Waals surface area contributed by atoms with Gasteiger partial charge in [-0.05, 0) is 18.6 Å². The van der Waals surface area contributed by atoms with Crippen LogP contribution in [0.3, 0.4) is 0 Å². The van der Waals surface area contributed by atoms with Crippen LogP contribution in [0.4, 0.5) is 4.39 Å². The summed E-state index contributed by atoms with van der Waals surface area (Å²) < 4.78 is 16.4. The molecule has 0 atom stereocenters. The number of halogens is 1. The maximum absolute atomic E-state index is 12.9. The minimum Gasteiger partial charge on any atom is -0.251 e. The van der Waals surface area contributed by atoms with Gasteiger partial charge in [-0.25, -0.2) is 18.7 Å². The zero-order valence-electron chi connectivity index (χ0n) is 11.5. The van der Waals surface area contributed by atoms with Gasteiger partial charge in [-0.1, -0.05) is 12.1 Å². The predicted octanol–water partition coefficient (Wildman–Crippen LogP) is 1.53. The van der Waals surface area contributed by atoms with Crippen LogP contribution < -0.4 is 0 Å². The number of pyridine rings is 1. The van der Waals surface area contributed by atoms with Crippen LogP contribution in [0.15, 0.2) is 30.9 Å². The van der Waals surface area contributed by atoms with Crippen molar-refractivity contribution < 1.29 is 4.39 Å². The van der Waals surface area contributed by atoms with E-state index < -0.39 is 0 Å². The van der Waals surface area contributed by atoms with E-state index in [2.05, 4.69) is 32.3 Å². The van der Waals surface area contributed by atoms with Crippen molar-refractivity contribution in [1.82, 2.24) is 34.7 Å². The van der Waals surface area contributed by atoms with Crippen molar-refractivity contribution >= 4 is 0 Å². The first-order chi connectivity index (χ1) is 10.3. The highest BCUT2D eigenvalue weighted by molar-refractivity contribution is 5.51. The monoisotopic (exact) mass is 287 g/mol. The molecule has 0 unspecified atom stereocenters. The van der Waals surface area contributed by atoms with Crippen molar-refractivity contribution in [3.05, 3.63) is 42.5 Å². The summed E-state index contributed by atoms with van der Waals surface area (Å²) in [5, 5.41) is 12.3. The first-order valence-electron chi connectivity index (χ1n) is 6.65. The molecule has 8 heteroatoms. The van der Waals surface area contributed by atoms with E-state index in [-0.39, 0.29) is 5.82 Å². The van der Waals surface area contributed by atoms with Crippen LogP contribution in [-0.4, -0.2) is 34.7 Å². The normalized spacial score (nSPS) is 11.0. The average molecular weight is 287 g/mol. The first kappa shape index (κ1) is 13.3. The fraction of sp³-hybridized carbons (Fsp3) is 0.308. The van der Waals surface area contributed by atoms with Gasteiger partial charge < -0.3 is 0 Å². The Morgan fingerprint density at radius 3 is 2.86 bits per heavy atom. The minimum absolute atomic E-state index is 0.376. The largest absolute Gasteiger partial charge is 0.251 e. The molecule has 3 aromatic rings. The molecular formula is C13H14FN7. The van der Waals surface area contributed by atoms with Gasteiger partial charge in [0.05, 0.1) is 18.1 Å². The van der Waals surface area contributed by atoms with E-state index in [1.807, 2.05) is 4.68 Å². The topological polar surface area (TPSA) is 74.3 Å². The van der Waals surface area contributed by atoms with Crippen LogP contribution in [0.25, 0.3) is 11.4 Å². The molecular weight excluding hydrogens is 273 g/mol. The molecule has 108 valence electrons. The fourth-order valence-corrected chi connectivity index (χ4v) is 1.97. The molecule has 0 aliphatic rings. The lowest BCUT2D eigenvalue weighted by Crippen LogP contribution is -2.10. The molecule has 0 aromatic carbocycles. The zero-order chi connectivity index (χ0) is 14.7. The van der Waals surface area contributed by atoms with E-state index in [0.717, 1.165) is 25.0 Å². The zero-order valence-corrected chi connectivity index (χ0v) is 11.5. The number of hydrogen-bond acceptors (Lipinski definition) is 5. The molecule has 0 N–H and O–H groups in total. The van der Waals surface area contributed by atoms with Gasteiger partial charge in [0.1, 0.15) is 30.2 Å². The van der Waals surface area contributed by atoms with Gasteiger partial charge in [-0.3, -0.25) is 4.98 Å². The van der Waals surface area contributed by atoms with Gasteiger partial charge in [0.2, 0.25) is 0 Å². The quantitative estimate of drug-likeness (QED) is 0.711. The molecule has 0 radical (unpaired) electrons. The summed E-state index contributed by atoms with van der Waals surface area (Å²) in [7, 11) is 0. The highest BCUT2D eigenvalue weighted by Crippen LogP contribution is 2.13. The molecule has 0 amide bonds. The summed E-state index contributed by atoms with van der Waals surface area (Å²) in [6.45, 7) is 3.38. The first-order valence-corrected chi connectivity index (χ1v) is 6.65. The van der Waals surface area contributed by atoms with Crippen LogP contribution in [0.5, 0.6) is 0 Å². The lowest BCUT2D eigenvalue weighted by atomic mass is 10.3. The number of nitrogens with zero attached hydrogens (tertiary/aromatic N) is 7. The van der Waals surface area contributed by atoms with Gasteiger partial charge in [-0.15, -0.1) is 5.10 Å². The molecule has 0 fully saturated rings. The molecule has 21 heavy (non-hydrogen) atoms. The standard InChI is InChI=1S/C13H14FN7/c1-2-5-21-13(16-9-17-21)8-20-7-12(18-19-20)11-4-3-10(14)6-15-11/h3-4,6-7,9H,2,5,8H2,1H3. The third kappa shape index (κ3) is 2.93. The summed E-state index contributed by atoms with van der Waals surface area (Å²) in [5.41, 5.74) is 1.18. The van der Waals surface area contributed by atoms with Crippen LogP contribution >= 0.6 is 0 Å². The second-order valence-corrected chi connectivity index (χ2v) is 4.56. The Bertz CT molecular complexity index is 716. The Kier molecular flexibility index (Phi) is 3.67. The molecule has 7 nitrogen and oxygen atoms in total. The van der Waals surface area contributed by atoms with Crippen molar-refractivity contribution in [3.63, 3.8) is 0 Å². The Hall–Kier alpha value is -2.64. The number of aryl methyl sites for hydroxylation is 1. The van der Waals surface area contributed by atoms with Crippen LogP contribution in [0, 0.1) is 5.82 Å². The van der Waals surface area contributed by atoms with Gasteiger partial charge >= 0.3 is 0 Å². The van der Waals surface area contributed by atoms with Crippen LogP contribution in [0.2, 0.25) is 0 Å². The highest BCUT2D eigenvalue weighted by Gasteiger charge is 2.09. The molecule has 0 aliphatic carbocycles. The third-order valence-electron chi connectivity index (χ3n) is 2.96. The van der Waals surface area contributed by atoms with E-state index in [1.165, 1.54) is 12.4 Å². The summed E-state index contributed by atoms with van der Waals surface area (Å²) in [6.07, 6.45) is 5.43. The lowest BCUT2D eigenvalue weighted by Gasteiger charge is -2.03. The Labute approximate surface area is 120 Å². The highest BCUT2D eigenvalue weighted by atomic mass is 19.1. The second kappa shape index (κ2) is 5.78. The Morgan fingerprint density at radius 1 is 1.19 bits per heavy atom. The Balaban J connectivity index is 1.78. The molecule has 0 bridgehead atoms. The summed E-state index contributed by atoms with van der Waals surface area (Å²) in [4.78, 5) is 8.20. The fourth-order valence-electron chi connectivity index (χ4n) is 1.97. The Morgan fingerprint density at radius 2 is 2.10 bits per heavy atom. The number of rotatable bonds is 5. The average Bonchev–Trinajstić information content (AvgIpc) is 3.11. The summed E-state index contributed by atoms with van der Waals surface area (Å²) in [6, 6.07) is 2.92. The third-order valence-corrected chi connectivity index (χ3v) is 2.96. The van der Waals surface area contributed by atoms with Crippen molar-refractivity contribution in [1.29, 1.82) is 0 Å². The van der Waals surface area contributed by atoms with Crippen molar-refractivity contribution in [2.24, 2.45) is 0 Å². The molecule has 3 rings (SSSR count). The van der Waals surface area contributed by atoms with E-state index in [0.29, 0.717) is 17.9 Å². The van der Waals surface area contributed by atoms with E-state index >= 15 is 0 Å².